The van der Waals surface area contributed by atoms with Crippen LogP contribution in [0.5, 0.6) is 5.75 Å². The van der Waals surface area contributed by atoms with Crippen molar-refractivity contribution in [2.75, 3.05) is 31.2 Å². The van der Waals surface area contributed by atoms with Crippen LogP contribution in [0.3, 0.4) is 0 Å². The molecule has 0 saturated carbocycles. The van der Waals surface area contributed by atoms with E-state index in [0.29, 0.717) is 6.61 Å². The number of para-hydroxylation sites is 1. The number of nitrogens with zero attached hydrogens (tertiary/aromatic N) is 3. The Bertz CT molecular complexity index is 1460. The third-order valence-electron chi connectivity index (χ3n) is 6.57. The number of fused-ring (bicyclic) bond motifs is 1. The van der Waals surface area contributed by atoms with Crippen molar-refractivity contribution in [3.05, 3.63) is 109 Å². The Morgan fingerprint density at radius 3 is 2.39 bits per heavy atom. The van der Waals surface area contributed by atoms with E-state index in [4.69, 9.17) is 14.5 Å². The lowest BCUT2D eigenvalue weighted by Gasteiger charge is -2.31. The van der Waals surface area contributed by atoms with Gasteiger partial charge in [-0.15, -0.1) is 0 Å². The Morgan fingerprint density at radius 1 is 0.750 bits per heavy atom. The molecule has 0 radical (unpaired) electrons. The minimum absolute atomic E-state index is 0.427. The highest BCUT2D eigenvalue weighted by molar-refractivity contribution is 5.92. The van der Waals surface area contributed by atoms with E-state index in [1.807, 2.05) is 48.8 Å². The predicted octanol–water partition coefficient (Wildman–Crippen LogP) is 6.38. The van der Waals surface area contributed by atoms with Gasteiger partial charge < -0.3 is 14.4 Å². The topological polar surface area (TPSA) is 47.5 Å². The fourth-order valence-electron chi connectivity index (χ4n) is 4.75. The Hall–Kier alpha value is -4.22. The second-order valence-electron chi connectivity index (χ2n) is 8.84. The lowest BCUT2D eigenvalue weighted by Crippen LogP contribution is -2.36. The zero-order valence-electron chi connectivity index (χ0n) is 20.0. The highest BCUT2D eigenvalue weighted by Crippen LogP contribution is 2.40. The molecule has 5 aromatic rings. The fourth-order valence-corrected chi connectivity index (χ4v) is 4.75. The van der Waals surface area contributed by atoms with Gasteiger partial charge in [0.15, 0.2) is 0 Å². The normalized spacial score (nSPS) is 13.6. The van der Waals surface area contributed by atoms with Crippen molar-refractivity contribution in [3.63, 3.8) is 0 Å². The van der Waals surface area contributed by atoms with Crippen LogP contribution in [0.15, 0.2) is 103 Å². The quantitative estimate of drug-likeness (QED) is 0.286. The molecule has 1 aliphatic rings. The summed E-state index contributed by atoms with van der Waals surface area (Å²) in [6.45, 7) is 3.68. The first-order valence-electron chi connectivity index (χ1n) is 12.3. The SMILES string of the molecule is c1cc(-c2ccncc2)c(-c2ccc(OCc3ccc4ccccc4n3)cc2)c(N2CCOCC2)c1. The van der Waals surface area contributed by atoms with Gasteiger partial charge >= 0.3 is 0 Å². The van der Waals surface area contributed by atoms with Crippen LogP contribution in [0.2, 0.25) is 0 Å². The Labute approximate surface area is 211 Å². The van der Waals surface area contributed by atoms with Crippen molar-refractivity contribution in [2.24, 2.45) is 0 Å². The summed E-state index contributed by atoms with van der Waals surface area (Å²) >= 11 is 0. The van der Waals surface area contributed by atoms with E-state index in [1.165, 1.54) is 16.8 Å². The number of rotatable bonds is 6. The maximum atomic E-state index is 6.10. The summed E-state index contributed by atoms with van der Waals surface area (Å²) in [7, 11) is 0. The van der Waals surface area contributed by atoms with Crippen molar-refractivity contribution in [1.82, 2.24) is 9.97 Å². The van der Waals surface area contributed by atoms with Gasteiger partial charge in [-0.05, 0) is 59.2 Å². The smallest absolute Gasteiger partial charge is 0.130 e. The first-order chi connectivity index (χ1) is 17.8. The van der Waals surface area contributed by atoms with E-state index in [1.54, 1.807) is 0 Å². The van der Waals surface area contributed by atoms with Gasteiger partial charge in [0.05, 0.1) is 24.4 Å². The van der Waals surface area contributed by atoms with E-state index in [9.17, 15) is 0 Å². The molecule has 0 aliphatic carbocycles. The van der Waals surface area contributed by atoms with Gasteiger partial charge in [-0.25, -0.2) is 4.98 Å². The van der Waals surface area contributed by atoms with Gasteiger partial charge in [0.2, 0.25) is 0 Å². The number of aromatic nitrogens is 2. The van der Waals surface area contributed by atoms with Crippen molar-refractivity contribution in [1.29, 1.82) is 0 Å². The van der Waals surface area contributed by atoms with E-state index in [2.05, 4.69) is 64.5 Å². The van der Waals surface area contributed by atoms with Crippen molar-refractivity contribution < 1.29 is 9.47 Å². The maximum Gasteiger partial charge on any atom is 0.130 e. The zero-order valence-corrected chi connectivity index (χ0v) is 20.0. The summed E-state index contributed by atoms with van der Waals surface area (Å²) in [4.78, 5) is 11.3. The first kappa shape index (κ1) is 22.3. The van der Waals surface area contributed by atoms with Crippen LogP contribution in [0.25, 0.3) is 33.2 Å². The van der Waals surface area contributed by atoms with E-state index in [-0.39, 0.29) is 0 Å². The molecule has 0 amide bonds. The Morgan fingerprint density at radius 2 is 1.56 bits per heavy atom. The van der Waals surface area contributed by atoms with Crippen molar-refractivity contribution >= 4 is 16.6 Å². The van der Waals surface area contributed by atoms with Crippen LogP contribution in [0, 0.1) is 0 Å². The molecule has 36 heavy (non-hydrogen) atoms. The molecule has 5 heteroatoms. The second kappa shape index (κ2) is 10.2. The van der Waals surface area contributed by atoms with Crippen molar-refractivity contribution in [3.8, 4) is 28.0 Å². The van der Waals surface area contributed by atoms with Crippen LogP contribution in [-0.4, -0.2) is 36.3 Å². The summed E-state index contributed by atoms with van der Waals surface area (Å²) in [5, 5.41) is 1.13. The van der Waals surface area contributed by atoms with Crippen LogP contribution >= 0.6 is 0 Å². The third-order valence-corrected chi connectivity index (χ3v) is 6.57. The number of ether oxygens (including phenoxy) is 2. The molecule has 1 saturated heterocycles. The average molecular weight is 474 g/mol. The van der Waals surface area contributed by atoms with Crippen LogP contribution in [0.1, 0.15) is 5.69 Å². The summed E-state index contributed by atoms with van der Waals surface area (Å²) in [5.41, 5.74) is 7.83. The van der Waals surface area contributed by atoms with Gasteiger partial charge in [0, 0.05) is 42.1 Å². The van der Waals surface area contributed by atoms with E-state index >= 15 is 0 Å². The number of hydrogen-bond acceptors (Lipinski definition) is 5. The molecule has 5 nitrogen and oxygen atoms in total. The van der Waals surface area contributed by atoms with Gasteiger partial charge in [0.1, 0.15) is 12.4 Å². The molecule has 6 rings (SSSR count). The average Bonchev–Trinajstić information content (AvgIpc) is 2.97. The van der Waals surface area contributed by atoms with E-state index in [0.717, 1.165) is 59.8 Å². The standard InChI is InChI=1S/C31H27N3O2/c1-2-6-29-24(4-1)8-11-26(33-29)22-36-27-12-9-25(10-13-27)31-28(23-14-16-32-17-15-23)5-3-7-30(31)34-18-20-35-21-19-34/h1-17H,18-22H2. The molecule has 3 heterocycles. The molecule has 0 N–H and O–H groups in total. The highest BCUT2D eigenvalue weighted by atomic mass is 16.5. The molecule has 3 aromatic carbocycles. The molecule has 1 fully saturated rings. The molecular weight excluding hydrogens is 446 g/mol. The number of anilines is 1. The predicted molar refractivity (Wildman–Crippen MR) is 144 cm³/mol. The van der Waals surface area contributed by atoms with Crippen LogP contribution < -0.4 is 9.64 Å². The molecule has 1 aliphatic heterocycles. The molecule has 0 spiro atoms. The molecular formula is C31H27N3O2. The minimum atomic E-state index is 0.427. The van der Waals surface area contributed by atoms with Gasteiger partial charge in [-0.1, -0.05) is 48.5 Å². The summed E-state index contributed by atoms with van der Waals surface area (Å²) < 4.78 is 11.7. The maximum absolute atomic E-state index is 6.10. The largest absolute Gasteiger partial charge is 0.487 e. The number of pyridine rings is 2. The zero-order chi connectivity index (χ0) is 24.2. The Kier molecular flexibility index (Phi) is 6.29. The molecule has 0 atom stereocenters. The third kappa shape index (κ3) is 4.66. The van der Waals surface area contributed by atoms with E-state index < -0.39 is 0 Å². The number of benzene rings is 3. The summed E-state index contributed by atoms with van der Waals surface area (Å²) in [6.07, 6.45) is 3.69. The van der Waals surface area contributed by atoms with Gasteiger partial charge in [0.25, 0.3) is 0 Å². The molecule has 0 bridgehead atoms. The number of morpholine rings is 1. The summed E-state index contributed by atoms with van der Waals surface area (Å²) in [5.74, 6) is 0.822. The minimum Gasteiger partial charge on any atom is -0.487 e. The highest BCUT2D eigenvalue weighted by Gasteiger charge is 2.19. The lowest BCUT2D eigenvalue weighted by molar-refractivity contribution is 0.123. The Balaban J connectivity index is 1.30. The van der Waals surface area contributed by atoms with Crippen molar-refractivity contribution in [2.45, 2.75) is 6.61 Å². The molecule has 178 valence electrons. The van der Waals surface area contributed by atoms with Gasteiger partial charge in [-0.2, -0.15) is 0 Å². The molecule has 0 unspecified atom stereocenters. The summed E-state index contributed by atoms with van der Waals surface area (Å²) in [6, 6.07) is 31.3. The monoisotopic (exact) mass is 473 g/mol. The number of hydrogen-bond donors (Lipinski definition) is 0. The van der Waals surface area contributed by atoms with Crippen LogP contribution in [0.4, 0.5) is 5.69 Å². The fraction of sp³-hybridized carbons (Fsp3) is 0.161. The van der Waals surface area contributed by atoms with Crippen LogP contribution in [-0.2, 0) is 11.3 Å². The first-order valence-corrected chi connectivity index (χ1v) is 12.3. The second-order valence-corrected chi connectivity index (χ2v) is 8.84. The lowest BCUT2D eigenvalue weighted by atomic mass is 9.92. The van der Waals surface area contributed by atoms with Gasteiger partial charge in [-0.3, -0.25) is 4.98 Å². The molecule has 2 aromatic heterocycles.